The summed E-state index contributed by atoms with van der Waals surface area (Å²) in [6, 6.07) is 73.0. The quantitative estimate of drug-likeness (QED) is 0.114. The molecule has 0 radical (unpaired) electrons. The van der Waals surface area contributed by atoms with Crippen LogP contribution >= 0.6 is 77.2 Å². The standard InChI is InChI=1S/C82H62Br2S4/c1-7-51-61(45-31-19-13-20-32-45)63(47-35-23-15-24-36-47)53(9-3)69-67(51)77-57(43-59(83)85-77)73-75-76-74-58-44-60(84)86-78(58)68-52(8-2)62(46-33-21-14-22-34-46)64(48-37-25-16-26-38-48)54(10-4)70(68)80(74)88-82(76)72-56(12-6)66(50-41-29-18-30-42-50)65(49-39-27-17-28-40-49)55(11-5)71(72)81(75)87-79(69)73/h13-44H,7-12H2,1-6H3. The molecule has 0 saturated heterocycles. The highest BCUT2D eigenvalue weighted by atomic mass is 79.9. The summed E-state index contributed by atoms with van der Waals surface area (Å²) >= 11 is 16.5. The number of aryl methyl sites for hydroxylation is 6. The summed E-state index contributed by atoms with van der Waals surface area (Å²) in [5, 5.41) is 16.8. The van der Waals surface area contributed by atoms with Crippen LogP contribution in [0.5, 0.6) is 0 Å². The number of rotatable bonds is 12. The zero-order valence-corrected chi connectivity index (χ0v) is 56.5. The van der Waals surface area contributed by atoms with Crippen molar-refractivity contribution < 1.29 is 0 Å². The molecule has 4 heterocycles. The number of benzene rings is 12. The minimum atomic E-state index is 0.871. The molecule has 428 valence electrons. The second-order valence-electron chi connectivity index (χ2n) is 23.3. The SMILES string of the molecule is CCc1c(-c2ccccc2)c(-c2ccccc2)c(CC)c2c3sc4c5c(CC)c(-c6ccccc6)c(-c6ccccc6)c(CC)c5c5sc6c7c(CC)c(-c8ccccc8)c(-c8ccccc8)c(CC)c7c7sc(Br)cc7c6c5c4c3c3cc(Br)sc3c12. The van der Waals surface area contributed by atoms with Crippen molar-refractivity contribution in [1.29, 1.82) is 0 Å². The van der Waals surface area contributed by atoms with Gasteiger partial charge in [0.1, 0.15) is 0 Å². The smallest absolute Gasteiger partial charge is 0.0711 e. The molecule has 0 spiro atoms. The van der Waals surface area contributed by atoms with Crippen LogP contribution in [0.4, 0.5) is 0 Å². The third-order valence-electron chi connectivity index (χ3n) is 19.0. The number of halogens is 2. The molecule has 0 nitrogen and oxygen atoms in total. The van der Waals surface area contributed by atoms with Crippen molar-refractivity contribution >= 4 is 170 Å². The van der Waals surface area contributed by atoms with Gasteiger partial charge in [0.2, 0.25) is 0 Å². The van der Waals surface area contributed by atoms with Gasteiger partial charge in [-0.1, -0.05) is 224 Å². The molecule has 0 N–H and O–H groups in total. The Balaban J connectivity index is 1.25. The molecule has 0 amide bonds. The van der Waals surface area contributed by atoms with Crippen molar-refractivity contribution in [2.24, 2.45) is 0 Å². The predicted molar refractivity (Wildman–Crippen MR) is 400 cm³/mol. The van der Waals surface area contributed by atoms with Crippen LogP contribution in [-0.2, 0) is 38.5 Å². The lowest BCUT2D eigenvalue weighted by Gasteiger charge is -2.24. The molecule has 4 aromatic heterocycles. The molecular formula is C82H62Br2S4. The molecule has 0 saturated carbocycles. The zero-order chi connectivity index (χ0) is 59.6. The maximum Gasteiger partial charge on any atom is 0.0711 e. The van der Waals surface area contributed by atoms with Gasteiger partial charge in [-0.05, 0) is 183 Å². The number of hydrogen-bond acceptors (Lipinski definition) is 4. The van der Waals surface area contributed by atoms with Crippen molar-refractivity contribution in [3.8, 4) is 66.8 Å². The van der Waals surface area contributed by atoms with E-state index in [4.69, 9.17) is 0 Å². The third-order valence-corrected chi connectivity index (χ3v) is 24.7. The fourth-order valence-electron chi connectivity index (χ4n) is 15.7. The number of hydrogen-bond donors (Lipinski definition) is 0. The summed E-state index contributed by atoms with van der Waals surface area (Å²) in [7, 11) is 0. The van der Waals surface area contributed by atoms with E-state index < -0.39 is 0 Å². The maximum absolute atomic E-state index is 4.23. The Bertz CT molecular complexity index is 5140. The Morgan fingerprint density at radius 1 is 0.227 bits per heavy atom. The molecule has 0 aliphatic heterocycles. The summed E-state index contributed by atoms with van der Waals surface area (Å²) in [6.45, 7) is 14.5. The highest BCUT2D eigenvalue weighted by Crippen LogP contribution is 2.62. The highest BCUT2D eigenvalue weighted by Gasteiger charge is 2.34. The third kappa shape index (κ3) is 8.21. The van der Waals surface area contributed by atoms with E-state index >= 15 is 0 Å². The molecule has 0 unspecified atom stereocenters. The van der Waals surface area contributed by atoms with Crippen LogP contribution in [0.15, 0.2) is 202 Å². The van der Waals surface area contributed by atoms with Crippen LogP contribution in [0.2, 0.25) is 0 Å². The van der Waals surface area contributed by atoms with E-state index in [-0.39, 0.29) is 0 Å². The lowest BCUT2D eigenvalue weighted by atomic mass is 9.79. The van der Waals surface area contributed by atoms with E-state index in [2.05, 4.69) is 290 Å². The van der Waals surface area contributed by atoms with Crippen LogP contribution in [0.3, 0.4) is 0 Å². The topological polar surface area (TPSA) is 0 Å². The number of fused-ring (bicyclic) bond motifs is 20. The van der Waals surface area contributed by atoms with Gasteiger partial charge in [-0.3, -0.25) is 0 Å². The van der Waals surface area contributed by atoms with Crippen molar-refractivity contribution in [3.63, 3.8) is 0 Å². The molecule has 0 atom stereocenters. The fourth-order valence-corrected chi connectivity index (χ4v) is 22.1. The molecule has 0 fully saturated rings. The Labute approximate surface area is 547 Å². The van der Waals surface area contributed by atoms with Crippen LogP contribution < -0.4 is 0 Å². The van der Waals surface area contributed by atoms with E-state index in [9.17, 15) is 0 Å². The lowest BCUT2D eigenvalue weighted by molar-refractivity contribution is 1.14. The second kappa shape index (κ2) is 22.3. The van der Waals surface area contributed by atoms with E-state index in [0.29, 0.717) is 0 Å². The first-order valence-electron chi connectivity index (χ1n) is 31.2. The van der Waals surface area contributed by atoms with Gasteiger partial charge < -0.3 is 0 Å². The predicted octanol–water partition coefficient (Wildman–Crippen LogP) is 27.2. The fraction of sp³-hybridized carbons (Fsp3) is 0.146. The molecule has 16 rings (SSSR count). The molecule has 88 heavy (non-hydrogen) atoms. The first-order chi connectivity index (χ1) is 43.3. The van der Waals surface area contributed by atoms with Gasteiger partial charge >= 0.3 is 0 Å². The first-order valence-corrected chi connectivity index (χ1v) is 36.1. The molecule has 12 aromatic carbocycles. The Hall–Kier alpha value is -7.26. The van der Waals surface area contributed by atoms with Gasteiger partial charge in [0.25, 0.3) is 0 Å². The first kappa shape index (κ1) is 56.0. The molecular weight excluding hydrogens is 1270 g/mol. The summed E-state index contributed by atoms with van der Waals surface area (Å²) in [5.74, 6) is 0. The van der Waals surface area contributed by atoms with E-state index in [1.807, 2.05) is 22.7 Å². The van der Waals surface area contributed by atoms with Crippen LogP contribution in [0.1, 0.15) is 74.9 Å². The summed E-state index contributed by atoms with van der Waals surface area (Å²) in [6.07, 6.45) is 5.29. The molecule has 0 bridgehead atoms. The van der Waals surface area contributed by atoms with Gasteiger partial charge in [-0.25, -0.2) is 0 Å². The van der Waals surface area contributed by atoms with E-state index in [1.165, 1.54) is 193 Å². The summed E-state index contributed by atoms with van der Waals surface area (Å²) in [5.41, 5.74) is 24.4. The van der Waals surface area contributed by atoms with Crippen molar-refractivity contribution in [2.45, 2.75) is 80.1 Å². The molecule has 0 aliphatic carbocycles. The van der Waals surface area contributed by atoms with Gasteiger partial charge in [0.15, 0.2) is 0 Å². The van der Waals surface area contributed by atoms with Crippen LogP contribution in [0.25, 0.3) is 160 Å². The van der Waals surface area contributed by atoms with Crippen molar-refractivity contribution in [3.05, 3.63) is 235 Å². The normalized spacial score (nSPS) is 12.1. The molecule has 16 aromatic rings. The molecule has 0 aliphatic rings. The highest BCUT2D eigenvalue weighted by molar-refractivity contribution is 9.11. The van der Waals surface area contributed by atoms with Crippen LogP contribution in [0, 0.1) is 0 Å². The van der Waals surface area contributed by atoms with Crippen molar-refractivity contribution in [2.75, 3.05) is 0 Å². The summed E-state index contributed by atoms with van der Waals surface area (Å²) < 4.78 is 10.7. The molecule has 6 heteroatoms. The summed E-state index contributed by atoms with van der Waals surface area (Å²) in [4.78, 5) is 0. The van der Waals surface area contributed by atoms with Gasteiger partial charge in [0, 0.05) is 92.8 Å². The van der Waals surface area contributed by atoms with Gasteiger partial charge in [-0.15, -0.1) is 45.3 Å². The van der Waals surface area contributed by atoms with Crippen molar-refractivity contribution in [1.82, 2.24) is 0 Å². The zero-order valence-electron chi connectivity index (χ0n) is 50.1. The average molecular weight is 1340 g/mol. The van der Waals surface area contributed by atoms with Gasteiger partial charge in [0.05, 0.1) is 7.57 Å². The van der Waals surface area contributed by atoms with Gasteiger partial charge in [-0.2, -0.15) is 0 Å². The van der Waals surface area contributed by atoms with E-state index in [0.717, 1.165) is 46.1 Å². The Morgan fingerprint density at radius 3 is 0.625 bits per heavy atom. The Morgan fingerprint density at radius 2 is 0.420 bits per heavy atom. The minimum Gasteiger partial charge on any atom is -0.134 e. The minimum absolute atomic E-state index is 0.871. The number of thiophene rings is 4. The van der Waals surface area contributed by atoms with Crippen LogP contribution in [-0.4, -0.2) is 0 Å². The second-order valence-corrected chi connectivity index (χ2v) is 30.2. The average Bonchev–Trinajstić information content (AvgIpc) is 1.47. The monoisotopic (exact) mass is 1330 g/mol. The maximum atomic E-state index is 4.23. The Kier molecular flexibility index (Phi) is 14.2. The lowest BCUT2D eigenvalue weighted by Crippen LogP contribution is -2.01. The largest absolute Gasteiger partial charge is 0.134 e. The van der Waals surface area contributed by atoms with E-state index in [1.54, 1.807) is 0 Å².